The van der Waals surface area contributed by atoms with E-state index in [9.17, 15) is 131 Å². The number of ether oxygens (including phenoxy) is 10. The van der Waals surface area contributed by atoms with Gasteiger partial charge in [-0.3, -0.25) is 0 Å². The molecule has 10 rings (SSSR count). The van der Waals surface area contributed by atoms with E-state index in [1.54, 1.807) is 0 Å². The molecule has 0 radical (unpaired) electrons. The average Bonchev–Trinajstić information content (AvgIpc) is 0.823. The van der Waals surface area contributed by atoms with E-state index in [2.05, 4.69) is 0 Å². The van der Waals surface area contributed by atoms with Crippen LogP contribution < -0.4 is 9.47 Å². The molecule has 0 saturated carbocycles. The Morgan fingerprint density at radius 2 is 0.722 bits per heavy atom. The molecule has 90 heavy (non-hydrogen) atoms. The van der Waals surface area contributed by atoms with Crippen molar-refractivity contribution < 1.29 is 178 Å². The zero-order valence-corrected chi connectivity index (χ0v) is 44.4. The van der Waals surface area contributed by atoms with Gasteiger partial charge in [0.15, 0.2) is 92.7 Å². The zero-order chi connectivity index (χ0) is 65.8. The van der Waals surface area contributed by atoms with Crippen LogP contribution in [-0.2, 0) is 37.9 Å². The van der Waals surface area contributed by atoms with E-state index < -0.39 is 259 Å². The van der Waals surface area contributed by atoms with Gasteiger partial charge >= 0.3 is 35.8 Å². The Balaban J connectivity index is 1.22. The monoisotopic (exact) mass is 1270 g/mol. The molecule has 6 aromatic rings. The van der Waals surface area contributed by atoms with Crippen LogP contribution in [0.3, 0.4) is 0 Å². The third kappa shape index (κ3) is 11.7. The van der Waals surface area contributed by atoms with E-state index in [1.807, 2.05) is 0 Å². The molecular formula is C54H44O36. The smallest absolute Gasteiger partial charge is 0.342 e. The number of aliphatic hydroxyl groups excluding tert-OH is 4. The van der Waals surface area contributed by atoms with Crippen LogP contribution in [0.2, 0.25) is 0 Å². The van der Waals surface area contributed by atoms with Gasteiger partial charge in [-0.1, -0.05) is 0 Å². The van der Waals surface area contributed by atoms with Crippen LogP contribution in [0.25, 0.3) is 0 Å². The van der Waals surface area contributed by atoms with Crippen molar-refractivity contribution in [2.24, 2.45) is 0 Å². The predicted octanol–water partition coefficient (Wildman–Crippen LogP) is 0.246. The van der Waals surface area contributed by atoms with Crippen LogP contribution in [0.4, 0.5) is 0 Å². The molecular weight excluding hydrogens is 1220 g/mol. The van der Waals surface area contributed by atoms with Gasteiger partial charge in [-0.2, -0.15) is 0 Å². The number of esters is 6. The van der Waals surface area contributed by atoms with Crippen molar-refractivity contribution in [3.05, 3.63) is 94.0 Å². The first-order valence-corrected chi connectivity index (χ1v) is 25.1. The fourth-order valence-electron chi connectivity index (χ4n) is 8.93. The summed E-state index contributed by atoms with van der Waals surface area (Å²) in [5, 5.41) is 214. The molecule has 4 aliphatic rings. The lowest BCUT2D eigenvalue weighted by Crippen LogP contribution is -2.62. The van der Waals surface area contributed by atoms with Crippen LogP contribution in [0.5, 0.6) is 115 Å². The number of fused-ring (bicyclic) bond motifs is 6. The Bertz CT molecular complexity index is 3860. The maximum Gasteiger partial charge on any atom is 0.342 e. The van der Waals surface area contributed by atoms with E-state index in [4.69, 9.17) is 47.4 Å². The quantitative estimate of drug-likeness (QED) is 0.0603. The zero-order valence-electron chi connectivity index (χ0n) is 44.4. The number of benzene rings is 6. The highest BCUT2D eigenvalue weighted by Crippen LogP contribution is 2.52. The minimum atomic E-state index is -2.67. The summed E-state index contributed by atoms with van der Waals surface area (Å²) in [6.07, 6.45) is -24.6. The molecule has 2 fully saturated rings. The molecule has 4 aliphatic heterocycles. The van der Waals surface area contributed by atoms with E-state index in [-0.39, 0.29) is 12.1 Å². The molecule has 4 bridgehead atoms. The lowest BCUT2D eigenvalue weighted by molar-refractivity contribution is -0.283. The standard InChI is InChI=1S/C54H44O36/c55-11-29-36(71)43(85-47(75)13-1-19(57)31(66)20(58)2-13)45-53(82-29)89-49(77)15-6-26(64)42(27(65)7-15)84-41-18(10-25(63)35(70)39(41)74)52(80)88-46-44(86-48(76)14-3-21(59)32(67)22(60)4-14)37(72)30(12-56)83-54(46)90-50(78)16-5-23(61)33(68)28(8-16)81-40-17(51(79)87-45)9-24(62)34(69)38(40)73/h1-10,29-30,36-37,43-46,53-74H,11-12H2. The molecule has 0 aromatic heterocycles. The summed E-state index contributed by atoms with van der Waals surface area (Å²) in [5.41, 5.74) is -6.29. The van der Waals surface area contributed by atoms with Crippen LogP contribution in [0.1, 0.15) is 62.1 Å². The summed E-state index contributed by atoms with van der Waals surface area (Å²) in [7, 11) is 0. The summed E-state index contributed by atoms with van der Waals surface area (Å²) in [4.78, 5) is 84.9. The molecule has 6 aromatic carbocycles. The fraction of sp³-hybridized carbons (Fsp3) is 0.222. The van der Waals surface area contributed by atoms with E-state index in [1.165, 1.54) is 0 Å². The van der Waals surface area contributed by atoms with E-state index in [0.29, 0.717) is 48.5 Å². The first kappa shape index (κ1) is 62.8. The number of carbonyl (C=O) groups excluding carboxylic acids is 6. The Hall–Kier alpha value is -11.7. The van der Waals surface area contributed by atoms with Crippen molar-refractivity contribution in [1.29, 1.82) is 0 Å². The minimum absolute atomic E-state index is 0.273. The van der Waals surface area contributed by atoms with E-state index >= 15 is 0 Å². The summed E-state index contributed by atoms with van der Waals surface area (Å²) >= 11 is 0. The number of rotatable bonds is 6. The molecule has 476 valence electrons. The third-order valence-electron chi connectivity index (χ3n) is 13.5. The maximum atomic E-state index is 14.6. The van der Waals surface area contributed by atoms with Crippen molar-refractivity contribution in [1.82, 2.24) is 0 Å². The Kier molecular flexibility index (Phi) is 16.9. The van der Waals surface area contributed by atoms with Gasteiger partial charge in [0.2, 0.25) is 59.3 Å². The number of phenolic OH excluding ortho intramolecular Hbond substituents is 16. The summed E-state index contributed by atoms with van der Waals surface area (Å²) < 4.78 is 54.8. The third-order valence-corrected chi connectivity index (χ3v) is 13.5. The highest BCUT2D eigenvalue weighted by atomic mass is 16.8. The maximum absolute atomic E-state index is 14.6. The van der Waals surface area contributed by atoms with Crippen LogP contribution in [0.15, 0.2) is 60.7 Å². The van der Waals surface area contributed by atoms with Crippen molar-refractivity contribution in [2.45, 2.75) is 61.4 Å². The second-order valence-corrected chi connectivity index (χ2v) is 19.3. The molecule has 10 unspecified atom stereocenters. The number of hydrogen-bond donors (Lipinski definition) is 20. The Morgan fingerprint density at radius 1 is 0.378 bits per heavy atom. The van der Waals surface area contributed by atoms with Gasteiger partial charge in [0.25, 0.3) is 0 Å². The highest BCUT2D eigenvalue weighted by molar-refractivity contribution is 5.98. The SMILES string of the molecule is O=C1OC2OC(CO)C(O)C(OC(=O)c3cc(O)c(O)c(O)c3)C2OC(=O)c2cc(O)c(O)c(O)c2Oc2cc(cc(O)c2O)C(=O)OC2OC(CO)C(O)C(OC(=O)c3cc(O)c(O)c(O)c3)C2OC(=O)c2cc(O)c(O)c(O)c2Oc2c(O)cc1cc2O. The number of aromatic hydroxyl groups is 16. The molecule has 10 atom stereocenters. The molecule has 20 N–H and O–H groups in total. The minimum Gasteiger partial charge on any atom is -0.504 e. The lowest BCUT2D eigenvalue weighted by Gasteiger charge is -2.42. The summed E-state index contributed by atoms with van der Waals surface area (Å²) in [6.45, 7) is -2.57. The van der Waals surface area contributed by atoms with Crippen molar-refractivity contribution in [3.8, 4) is 115 Å². The lowest BCUT2D eigenvalue weighted by atomic mass is 9.98. The predicted molar refractivity (Wildman–Crippen MR) is 277 cm³/mol. The molecule has 0 amide bonds. The molecule has 0 aliphatic carbocycles. The number of carbonyl (C=O) groups is 6. The molecule has 4 heterocycles. The molecule has 36 heteroatoms. The van der Waals surface area contributed by atoms with Gasteiger partial charge in [0.05, 0.1) is 35.5 Å². The summed E-state index contributed by atoms with van der Waals surface area (Å²) in [6, 6.07) is 4.26. The van der Waals surface area contributed by atoms with Gasteiger partial charge < -0.3 is 149 Å². The highest BCUT2D eigenvalue weighted by Gasteiger charge is 2.54. The Labute approximate surface area is 496 Å². The first-order chi connectivity index (χ1) is 42.4. The van der Waals surface area contributed by atoms with Gasteiger partial charge in [-0.15, -0.1) is 0 Å². The summed E-state index contributed by atoms with van der Waals surface area (Å²) in [5.74, 6) is -37.7. The molecule has 36 nitrogen and oxygen atoms in total. The van der Waals surface area contributed by atoms with Crippen molar-refractivity contribution in [3.63, 3.8) is 0 Å². The largest absolute Gasteiger partial charge is 0.504 e. The average molecular weight is 1270 g/mol. The fourth-order valence-corrected chi connectivity index (χ4v) is 8.93. The van der Waals surface area contributed by atoms with Gasteiger partial charge in [-0.05, 0) is 48.5 Å². The van der Waals surface area contributed by atoms with Crippen LogP contribution >= 0.6 is 0 Å². The van der Waals surface area contributed by atoms with Gasteiger partial charge in [0, 0.05) is 12.1 Å². The van der Waals surface area contributed by atoms with E-state index in [0.717, 1.165) is 0 Å². The number of hydrogen-bond acceptors (Lipinski definition) is 36. The van der Waals surface area contributed by atoms with Crippen LogP contribution in [-0.4, -0.2) is 213 Å². The van der Waals surface area contributed by atoms with Gasteiger partial charge in [-0.25, -0.2) is 28.8 Å². The first-order valence-electron chi connectivity index (χ1n) is 25.1. The van der Waals surface area contributed by atoms with Crippen LogP contribution in [0, 0.1) is 0 Å². The van der Waals surface area contributed by atoms with Crippen molar-refractivity contribution in [2.75, 3.05) is 13.2 Å². The molecule has 0 spiro atoms. The van der Waals surface area contributed by atoms with Gasteiger partial charge in [0.1, 0.15) is 35.5 Å². The number of aliphatic hydroxyl groups is 4. The Morgan fingerprint density at radius 3 is 1.11 bits per heavy atom. The second kappa shape index (κ2) is 24.2. The topological polar surface area (TPSA) is 599 Å². The van der Waals surface area contributed by atoms with Crippen molar-refractivity contribution >= 4 is 35.8 Å². The molecule has 2 saturated heterocycles. The normalized spacial score (nSPS) is 22.8. The number of phenols is 16. The second-order valence-electron chi connectivity index (χ2n) is 19.3.